The molecule has 1 aromatic carbocycles. The number of anilines is 1. The van der Waals surface area contributed by atoms with Crippen molar-refractivity contribution in [3.8, 4) is 0 Å². The van der Waals surface area contributed by atoms with Gasteiger partial charge in [-0.05, 0) is 49.4 Å². The van der Waals surface area contributed by atoms with Crippen molar-refractivity contribution in [3.63, 3.8) is 0 Å². The maximum atomic E-state index is 12.2. The molecule has 0 saturated carbocycles. The molecule has 0 spiro atoms. The number of aromatic nitrogens is 1. The summed E-state index contributed by atoms with van der Waals surface area (Å²) in [4.78, 5) is 42.6. The van der Waals surface area contributed by atoms with Gasteiger partial charge in [0.15, 0.2) is 11.9 Å². The molecule has 1 N–H and O–H groups in total. The van der Waals surface area contributed by atoms with Crippen molar-refractivity contribution in [1.82, 2.24) is 10.3 Å². The molecule has 1 saturated heterocycles. The zero-order valence-electron chi connectivity index (χ0n) is 14.9. The first kappa shape index (κ1) is 19.1. The third kappa shape index (κ3) is 4.55. The van der Waals surface area contributed by atoms with Gasteiger partial charge in [-0.2, -0.15) is 0 Å². The normalized spacial score (nSPS) is 15.1. The van der Waals surface area contributed by atoms with Crippen molar-refractivity contribution in [2.24, 2.45) is 0 Å². The van der Waals surface area contributed by atoms with Gasteiger partial charge in [0.1, 0.15) is 0 Å². The second-order valence-electron chi connectivity index (χ2n) is 5.87. The molecule has 0 unspecified atom stereocenters. The smallest absolute Gasteiger partial charge is 0.339 e. The fraction of sp³-hybridized carbons (Fsp3) is 0.222. The average molecular weight is 403 g/mol. The van der Waals surface area contributed by atoms with Crippen LogP contribution in [0.4, 0.5) is 9.93 Å². The zero-order chi connectivity index (χ0) is 19.6. The number of rotatable bonds is 5. The highest BCUT2D eigenvalue weighted by Gasteiger charge is 2.24. The van der Waals surface area contributed by atoms with Crippen molar-refractivity contribution < 1.29 is 19.1 Å². The number of nitrogens with zero attached hydrogens (tertiary/aromatic N) is 2. The number of amides is 2. The van der Waals surface area contributed by atoms with E-state index in [0.717, 1.165) is 27.5 Å². The number of aryl methyl sites for hydroxylation is 2. The van der Waals surface area contributed by atoms with Crippen LogP contribution in [-0.4, -0.2) is 35.9 Å². The zero-order valence-corrected chi connectivity index (χ0v) is 16.6. The van der Waals surface area contributed by atoms with Gasteiger partial charge in [0.05, 0.1) is 16.2 Å². The second kappa shape index (κ2) is 7.93. The van der Waals surface area contributed by atoms with E-state index in [1.165, 1.54) is 0 Å². The molecule has 0 bridgehead atoms. The summed E-state index contributed by atoms with van der Waals surface area (Å²) in [6.45, 7) is 4.03. The summed E-state index contributed by atoms with van der Waals surface area (Å²) >= 11 is 2.40. The SMILES string of the molecule is Cc1nc(N(C)COC(=O)c2ccc(/C=C3\SC(=O)NC3=O)cc2)sc1C. The van der Waals surface area contributed by atoms with Crippen LogP contribution < -0.4 is 10.2 Å². The monoisotopic (exact) mass is 403 g/mol. The standard InChI is InChI=1S/C18H17N3O4S2/c1-10-11(2)26-17(19-10)21(3)9-25-16(23)13-6-4-12(5-7-13)8-14-15(22)20-18(24)27-14/h4-8H,9H2,1-3H3,(H,20,22,24)/b14-8-. The lowest BCUT2D eigenvalue weighted by atomic mass is 10.1. The fourth-order valence-electron chi connectivity index (χ4n) is 2.20. The summed E-state index contributed by atoms with van der Waals surface area (Å²) in [5, 5.41) is 2.60. The Morgan fingerprint density at radius 2 is 1.96 bits per heavy atom. The minimum Gasteiger partial charge on any atom is -0.441 e. The third-order valence-corrected chi connectivity index (χ3v) is 5.82. The van der Waals surface area contributed by atoms with E-state index in [1.807, 2.05) is 20.9 Å². The first-order valence-corrected chi connectivity index (χ1v) is 9.64. The van der Waals surface area contributed by atoms with Crippen LogP contribution in [0.2, 0.25) is 0 Å². The second-order valence-corrected chi connectivity index (χ2v) is 8.07. The number of imide groups is 1. The largest absolute Gasteiger partial charge is 0.441 e. The quantitative estimate of drug-likeness (QED) is 0.465. The lowest BCUT2D eigenvalue weighted by molar-refractivity contribution is -0.115. The lowest BCUT2D eigenvalue weighted by Crippen LogP contribution is -2.23. The Labute approximate surface area is 164 Å². The molecule has 0 radical (unpaired) electrons. The molecule has 140 valence electrons. The first-order chi connectivity index (χ1) is 12.8. The van der Waals surface area contributed by atoms with Crippen LogP contribution >= 0.6 is 23.1 Å². The van der Waals surface area contributed by atoms with E-state index < -0.39 is 11.9 Å². The van der Waals surface area contributed by atoms with Crippen molar-refractivity contribution in [2.75, 3.05) is 18.7 Å². The number of esters is 1. The number of thioether (sulfide) groups is 1. The Hall–Kier alpha value is -2.65. The van der Waals surface area contributed by atoms with Gasteiger partial charge in [0.2, 0.25) is 0 Å². The van der Waals surface area contributed by atoms with Gasteiger partial charge in [-0.15, -0.1) is 11.3 Å². The minimum absolute atomic E-state index is 0.0932. The molecule has 1 fully saturated rings. The van der Waals surface area contributed by atoms with Gasteiger partial charge < -0.3 is 9.64 Å². The van der Waals surface area contributed by atoms with Gasteiger partial charge in [0, 0.05) is 11.9 Å². The van der Waals surface area contributed by atoms with Crippen LogP contribution in [0.25, 0.3) is 6.08 Å². The molecule has 2 aromatic rings. The number of benzene rings is 1. The summed E-state index contributed by atoms with van der Waals surface area (Å²) < 4.78 is 5.32. The van der Waals surface area contributed by atoms with E-state index in [2.05, 4.69) is 10.3 Å². The Bertz CT molecular complexity index is 915. The number of thiazole rings is 1. The number of nitrogens with one attached hydrogen (secondary N) is 1. The molecule has 27 heavy (non-hydrogen) atoms. The Balaban J connectivity index is 1.60. The predicted molar refractivity (Wildman–Crippen MR) is 106 cm³/mol. The molecule has 1 aromatic heterocycles. The van der Waals surface area contributed by atoms with Gasteiger partial charge >= 0.3 is 5.97 Å². The molecular formula is C18H17N3O4S2. The Morgan fingerprint density at radius 1 is 1.26 bits per heavy atom. The van der Waals surface area contributed by atoms with E-state index in [-0.39, 0.29) is 12.0 Å². The van der Waals surface area contributed by atoms with Gasteiger partial charge in [-0.1, -0.05) is 12.1 Å². The summed E-state index contributed by atoms with van der Waals surface area (Å²) in [5.41, 5.74) is 2.08. The third-order valence-electron chi connectivity index (χ3n) is 3.82. The number of hydrogen-bond donors (Lipinski definition) is 1. The van der Waals surface area contributed by atoms with Gasteiger partial charge in [-0.3, -0.25) is 14.9 Å². The highest BCUT2D eigenvalue weighted by Crippen LogP contribution is 2.26. The van der Waals surface area contributed by atoms with Crippen molar-refractivity contribution in [2.45, 2.75) is 13.8 Å². The molecule has 0 aliphatic carbocycles. The summed E-state index contributed by atoms with van der Waals surface area (Å²) in [7, 11) is 1.81. The highest BCUT2D eigenvalue weighted by molar-refractivity contribution is 8.18. The van der Waals surface area contributed by atoms with Crippen molar-refractivity contribution in [1.29, 1.82) is 0 Å². The minimum atomic E-state index is -0.450. The lowest BCUT2D eigenvalue weighted by Gasteiger charge is -2.15. The molecular weight excluding hydrogens is 386 g/mol. The van der Waals surface area contributed by atoms with Crippen LogP contribution in [0, 0.1) is 13.8 Å². The Kier molecular flexibility index (Phi) is 5.62. The van der Waals surface area contributed by atoms with Crippen molar-refractivity contribution in [3.05, 3.63) is 50.9 Å². The molecule has 7 nitrogen and oxygen atoms in total. The van der Waals surface area contributed by atoms with Crippen LogP contribution in [-0.2, 0) is 9.53 Å². The molecule has 1 aliphatic rings. The highest BCUT2D eigenvalue weighted by atomic mass is 32.2. The van der Waals surface area contributed by atoms with E-state index in [0.29, 0.717) is 16.0 Å². The number of ether oxygens (including phenoxy) is 1. The van der Waals surface area contributed by atoms with Crippen LogP contribution in [0.15, 0.2) is 29.2 Å². The van der Waals surface area contributed by atoms with Crippen LogP contribution in [0.3, 0.4) is 0 Å². The molecule has 9 heteroatoms. The van der Waals surface area contributed by atoms with Gasteiger partial charge in [0.25, 0.3) is 11.1 Å². The number of hydrogen-bond acceptors (Lipinski definition) is 8. The summed E-state index contributed by atoms with van der Waals surface area (Å²) in [5.74, 6) is -0.863. The topological polar surface area (TPSA) is 88.6 Å². The average Bonchev–Trinajstić information content (AvgIpc) is 3.14. The van der Waals surface area contributed by atoms with E-state index in [4.69, 9.17) is 4.74 Å². The molecule has 2 amide bonds. The Morgan fingerprint density at radius 3 is 2.52 bits per heavy atom. The molecule has 2 heterocycles. The molecule has 3 rings (SSSR count). The van der Waals surface area contributed by atoms with E-state index in [1.54, 1.807) is 46.6 Å². The molecule has 1 aliphatic heterocycles. The van der Waals surface area contributed by atoms with Crippen molar-refractivity contribution >= 4 is 51.4 Å². The summed E-state index contributed by atoms with van der Waals surface area (Å²) in [6.07, 6.45) is 1.60. The van der Waals surface area contributed by atoms with E-state index >= 15 is 0 Å². The summed E-state index contributed by atoms with van der Waals surface area (Å²) in [6, 6.07) is 6.62. The van der Waals surface area contributed by atoms with Crippen LogP contribution in [0.1, 0.15) is 26.5 Å². The fourth-order valence-corrected chi connectivity index (χ4v) is 3.74. The van der Waals surface area contributed by atoms with Gasteiger partial charge in [-0.25, -0.2) is 9.78 Å². The van der Waals surface area contributed by atoms with Crippen LogP contribution in [0.5, 0.6) is 0 Å². The number of carbonyl (C=O) groups excluding carboxylic acids is 3. The first-order valence-electron chi connectivity index (χ1n) is 8.00. The maximum Gasteiger partial charge on any atom is 0.339 e. The number of carbonyl (C=O) groups is 3. The van der Waals surface area contributed by atoms with E-state index in [9.17, 15) is 14.4 Å². The molecule has 0 atom stereocenters. The maximum absolute atomic E-state index is 12.2. The predicted octanol–water partition coefficient (Wildman–Crippen LogP) is 3.33.